The molecule has 3 rings (SSSR count). The van der Waals surface area contributed by atoms with Crippen molar-refractivity contribution in [3.63, 3.8) is 0 Å². The zero-order valence-corrected chi connectivity index (χ0v) is 17.0. The van der Waals surface area contributed by atoms with Crippen LogP contribution in [-0.4, -0.2) is 31.0 Å². The molecule has 0 amide bonds. The lowest BCUT2D eigenvalue weighted by atomic mass is 10.1. The molecule has 2 N–H and O–H groups in total. The summed E-state index contributed by atoms with van der Waals surface area (Å²) < 4.78 is 1.15. The van der Waals surface area contributed by atoms with Crippen LogP contribution in [0.4, 0.5) is 0 Å². The maximum Gasteiger partial charge on any atom is 0.191 e. The van der Waals surface area contributed by atoms with Gasteiger partial charge >= 0.3 is 0 Å². The largest absolute Gasteiger partial charge is 0.352 e. The minimum absolute atomic E-state index is 0.776. The summed E-state index contributed by atoms with van der Waals surface area (Å²) in [7, 11) is 1.80. The van der Waals surface area contributed by atoms with Crippen molar-refractivity contribution in [1.29, 1.82) is 0 Å². The van der Waals surface area contributed by atoms with E-state index in [9.17, 15) is 0 Å². The zero-order valence-electron chi connectivity index (χ0n) is 14.6. The molecule has 0 radical (unpaired) electrons. The van der Waals surface area contributed by atoms with Gasteiger partial charge in [0, 0.05) is 25.0 Å². The van der Waals surface area contributed by atoms with Crippen LogP contribution in [-0.2, 0) is 19.6 Å². The van der Waals surface area contributed by atoms with Crippen LogP contribution in [0.2, 0.25) is 0 Å². The first-order chi connectivity index (χ1) is 12.2. The number of halogens is 1. The fourth-order valence-corrected chi connectivity index (χ4v) is 4.41. The number of rotatable bonds is 6. The number of benzene rings is 1. The third kappa shape index (κ3) is 5.83. The predicted molar refractivity (Wildman–Crippen MR) is 110 cm³/mol. The molecule has 1 aliphatic heterocycles. The van der Waals surface area contributed by atoms with E-state index in [1.807, 2.05) is 0 Å². The summed E-state index contributed by atoms with van der Waals surface area (Å²) in [5, 5.41) is 6.73. The quantitative estimate of drug-likeness (QED) is 0.548. The molecule has 1 aromatic heterocycles. The molecule has 1 aromatic carbocycles. The van der Waals surface area contributed by atoms with Crippen LogP contribution in [0, 0.1) is 0 Å². The highest BCUT2D eigenvalue weighted by Crippen LogP contribution is 2.21. The minimum Gasteiger partial charge on any atom is -0.352 e. The van der Waals surface area contributed by atoms with E-state index in [-0.39, 0.29) is 0 Å². The van der Waals surface area contributed by atoms with Gasteiger partial charge < -0.3 is 10.6 Å². The summed E-state index contributed by atoms with van der Waals surface area (Å²) in [5.74, 6) is 0.825. The molecule has 0 unspecified atom stereocenters. The number of nitrogens with zero attached hydrogens (tertiary/aromatic N) is 2. The first-order valence-corrected chi connectivity index (χ1v) is 10.3. The van der Waals surface area contributed by atoms with E-state index in [4.69, 9.17) is 0 Å². The van der Waals surface area contributed by atoms with Gasteiger partial charge in [-0.2, -0.15) is 0 Å². The molecule has 4 nitrogen and oxygen atoms in total. The maximum atomic E-state index is 4.29. The summed E-state index contributed by atoms with van der Waals surface area (Å²) in [6.45, 7) is 5.12. The average molecular weight is 421 g/mol. The van der Waals surface area contributed by atoms with Crippen LogP contribution in [0.5, 0.6) is 0 Å². The molecule has 2 heterocycles. The fraction of sp³-hybridized carbons (Fsp3) is 0.421. The Balaban J connectivity index is 1.44. The van der Waals surface area contributed by atoms with Gasteiger partial charge in [-0.1, -0.05) is 24.3 Å². The smallest absolute Gasteiger partial charge is 0.191 e. The van der Waals surface area contributed by atoms with Crippen LogP contribution in [0.25, 0.3) is 0 Å². The van der Waals surface area contributed by atoms with E-state index < -0.39 is 0 Å². The second-order valence-electron chi connectivity index (χ2n) is 6.28. The van der Waals surface area contributed by atoms with Crippen molar-refractivity contribution in [3.05, 3.63) is 56.2 Å². The Kier molecular flexibility index (Phi) is 6.90. The molecule has 2 aromatic rings. The van der Waals surface area contributed by atoms with Crippen molar-refractivity contribution < 1.29 is 0 Å². The van der Waals surface area contributed by atoms with Gasteiger partial charge in [0.2, 0.25) is 0 Å². The number of aliphatic imine (C=N–C) groups is 1. The lowest BCUT2D eigenvalue weighted by Gasteiger charge is -2.15. The second-order valence-corrected chi connectivity index (χ2v) is 8.83. The fourth-order valence-electron chi connectivity index (χ4n) is 2.99. The van der Waals surface area contributed by atoms with Gasteiger partial charge in [-0.15, -0.1) is 11.3 Å². The van der Waals surface area contributed by atoms with Crippen molar-refractivity contribution in [2.75, 3.05) is 20.1 Å². The standard InChI is InChI=1S/C19H25BrN4S/c1-21-19(23-13-17-8-9-18(20)25-17)22-12-15-4-6-16(7-5-15)14-24-10-2-3-11-24/h4-9H,2-3,10-14H2,1H3,(H2,21,22,23). The van der Waals surface area contributed by atoms with Gasteiger partial charge in [-0.3, -0.25) is 9.89 Å². The molecule has 0 saturated carbocycles. The summed E-state index contributed by atoms with van der Waals surface area (Å²) >= 11 is 5.23. The summed E-state index contributed by atoms with van der Waals surface area (Å²) in [5.41, 5.74) is 2.67. The van der Waals surface area contributed by atoms with E-state index >= 15 is 0 Å². The third-order valence-electron chi connectivity index (χ3n) is 4.37. The monoisotopic (exact) mass is 420 g/mol. The van der Waals surface area contributed by atoms with Crippen molar-refractivity contribution >= 4 is 33.2 Å². The van der Waals surface area contributed by atoms with Crippen molar-refractivity contribution in [1.82, 2.24) is 15.5 Å². The Labute approximate surface area is 162 Å². The number of likely N-dealkylation sites (tertiary alicyclic amines) is 1. The topological polar surface area (TPSA) is 39.7 Å². The van der Waals surface area contributed by atoms with Gasteiger partial charge in [-0.25, -0.2) is 0 Å². The number of thiophene rings is 1. The molecule has 6 heteroatoms. The Bertz CT molecular complexity index is 690. The molecule has 0 bridgehead atoms. The first-order valence-electron chi connectivity index (χ1n) is 8.72. The number of guanidine groups is 1. The molecule has 1 aliphatic rings. The number of hydrogen-bond donors (Lipinski definition) is 2. The van der Waals surface area contributed by atoms with E-state index in [2.05, 4.69) is 72.9 Å². The predicted octanol–water partition coefficient (Wildman–Crippen LogP) is 3.97. The first kappa shape index (κ1) is 18.4. The molecular weight excluding hydrogens is 396 g/mol. The number of hydrogen-bond acceptors (Lipinski definition) is 3. The summed E-state index contributed by atoms with van der Waals surface area (Å²) in [6, 6.07) is 13.1. The molecule has 0 atom stereocenters. The molecule has 1 saturated heterocycles. The highest BCUT2D eigenvalue weighted by Gasteiger charge is 2.11. The van der Waals surface area contributed by atoms with E-state index in [1.165, 1.54) is 41.9 Å². The SMILES string of the molecule is CN=C(NCc1ccc(CN2CCCC2)cc1)NCc1ccc(Br)s1. The van der Waals surface area contributed by atoms with E-state index in [1.54, 1.807) is 18.4 Å². The van der Waals surface area contributed by atoms with E-state index in [0.29, 0.717) is 0 Å². The van der Waals surface area contributed by atoms with E-state index in [0.717, 1.165) is 29.4 Å². The van der Waals surface area contributed by atoms with Crippen LogP contribution < -0.4 is 10.6 Å². The Morgan fingerprint density at radius 1 is 1.04 bits per heavy atom. The molecule has 25 heavy (non-hydrogen) atoms. The highest BCUT2D eigenvalue weighted by atomic mass is 79.9. The van der Waals surface area contributed by atoms with Gasteiger partial charge in [-0.05, 0) is 65.1 Å². The zero-order chi connectivity index (χ0) is 17.5. The lowest BCUT2D eigenvalue weighted by molar-refractivity contribution is 0.331. The van der Waals surface area contributed by atoms with Gasteiger partial charge in [0.15, 0.2) is 5.96 Å². The average Bonchev–Trinajstić information content (AvgIpc) is 3.28. The molecular formula is C19H25BrN4S. The van der Waals surface area contributed by atoms with Crippen LogP contribution >= 0.6 is 27.3 Å². The molecule has 1 fully saturated rings. The second kappa shape index (κ2) is 9.36. The maximum absolute atomic E-state index is 4.29. The summed E-state index contributed by atoms with van der Waals surface area (Å²) in [6.07, 6.45) is 2.69. The summed E-state index contributed by atoms with van der Waals surface area (Å²) in [4.78, 5) is 8.10. The van der Waals surface area contributed by atoms with Crippen molar-refractivity contribution in [2.24, 2.45) is 4.99 Å². The third-order valence-corrected chi connectivity index (χ3v) is 5.99. The molecule has 0 spiro atoms. The van der Waals surface area contributed by atoms with Crippen molar-refractivity contribution in [2.45, 2.75) is 32.5 Å². The lowest BCUT2D eigenvalue weighted by Crippen LogP contribution is -2.36. The molecule has 0 aliphatic carbocycles. The Hall–Kier alpha value is -1.37. The van der Waals surface area contributed by atoms with Crippen LogP contribution in [0.3, 0.4) is 0 Å². The molecule has 134 valence electrons. The van der Waals surface area contributed by atoms with Crippen molar-refractivity contribution in [3.8, 4) is 0 Å². The van der Waals surface area contributed by atoms with Gasteiger partial charge in [0.25, 0.3) is 0 Å². The van der Waals surface area contributed by atoms with Gasteiger partial charge in [0.05, 0.1) is 10.3 Å². The normalized spacial score (nSPS) is 15.5. The highest BCUT2D eigenvalue weighted by molar-refractivity contribution is 9.11. The Morgan fingerprint density at radius 2 is 1.72 bits per heavy atom. The van der Waals surface area contributed by atoms with Gasteiger partial charge in [0.1, 0.15) is 0 Å². The number of nitrogens with one attached hydrogen (secondary N) is 2. The Morgan fingerprint density at radius 3 is 2.36 bits per heavy atom. The minimum atomic E-state index is 0.776. The van der Waals surface area contributed by atoms with Crippen LogP contribution in [0.1, 0.15) is 28.8 Å². The van der Waals surface area contributed by atoms with Crippen LogP contribution in [0.15, 0.2) is 45.2 Å².